The van der Waals surface area contributed by atoms with Crippen LogP contribution in [0.5, 0.6) is 0 Å². The fourth-order valence-corrected chi connectivity index (χ4v) is 3.99. The number of Topliss-reactive ketones (excluding diaryl/α,β-unsaturated/α-hetero) is 1. The molecule has 4 N–H and O–H groups in total. The maximum atomic E-state index is 13.3. The Morgan fingerprint density at radius 2 is 1.86 bits per heavy atom. The van der Waals surface area contributed by atoms with Crippen LogP contribution in [0.4, 0.5) is 30.2 Å². The lowest BCUT2D eigenvalue weighted by Gasteiger charge is -2.16. The second-order valence-electron chi connectivity index (χ2n) is 8.42. The molecule has 1 fully saturated rings. The minimum atomic E-state index is -4.52. The molecule has 4 rings (SSSR count). The first-order valence-corrected chi connectivity index (χ1v) is 11.5. The molecular formula is C24H21BrF3N5O2. The minimum absolute atomic E-state index is 0.0645. The molecule has 0 atom stereocenters. The molecule has 1 aliphatic carbocycles. The van der Waals surface area contributed by atoms with Gasteiger partial charge < -0.3 is 16.4 Å². The number of alkyl halides is 3. The van der Waals surface area contributed by atoms with E-state index in [1.807, 2.05) is 0 Å². The van der Waals surface area contributed by atoms with Crippen molar-refractivity contribution < 1.29 is 22.8 Å². The molecule has 2 aromatic heterocycles. The Bertz CT molecular complexity index is 1260. The predicted octanol–water partition coefficient (Wildman–Crippen LogP) is 5.25. The van der Waals surface area contributed by atoms with Gasteiger partial charge in [-0.05, 0) is 49.2 Å². The third kappa shape index (κ3) is 5.97. The number of halogens is 4. The zero-order valence-electron chi connectivity index (χ0n) is 18.3. The summed E-state index contributed by atoms with van der Waals surface area (Å²) in [7, 11) is 0. The summed E-state index contributed by atoms with van der Waals surface area (Å²) in [4.78, 5) is 33.4. The van der Waals surface area contributed by atoms with Crippen LogP contribution in [0.15, 0.2) is 59.5 Å². The molecule has 35 heavy (non-hydrogen) atoms. The number of benzene rings is 1. The number of hydrogen-bond donors (Lipinski definition) is 3. The summed E-state index contributed by atoms with van der Waals surface area (Å²) in [5.41, 5.74) is 5.66. The fourth-order valence-electron chi connectivity index (χ4n) is 3.63. The topological polar surface area (TPSA) is 110 Å². The van der Waals surface area contributed by atoms with Gasteiger partial charge in [-0.3, -0.25) is 19.6 Å². The summed E-state index contributed by atoms with van der Waals surface area (Å²) < 4.78 is 40.3. The third-order valence-electron chi connectivity index (χ3n) is 5.74. The molecule has 2 heterocycles. The van der Waals surface area contributed by atoms with Crippen molar-refractivity contribution in [3.63, 3.8) is 0 Å². The molecule has 1 saturated carbocycles. The summed E-state index contributed by atoms with van der Waals surface area (Å²) in [5.74, 6) is -0.437. The number of hydrogen-bond acceptors (Lipinski definition) is 6. The molecule has 7 nitrogen and oxygen atoms in total. The largest absolute Gasteiger partial charge is 0.418 e. The van der Waals surface area contributed by atoms with E-state index in [1.165, 1.54) is 36.8 Å². The van der Waals surface area contributed by atoms with Gasteiger partial charge in [-0.1, -0.05) is 15.9 Å². The van der Waals surface area contributed by atoms with Crippen LogP contribution in [0.2, 0.25) is 0 Å². The van der Waals surface area contributed by atoms with Gasteiger partial charge in [0.15, 0.2) is 5.78 Å². The number of aromatic nitrogens is 2. The molecule has 1 aromatic carbocycles. The lowest BCUT2D eigenvalue weighted by atomic mass is 9.95. The zero-order valence-corrected chi connectivity index (χ0v) is 19.9. The lowest BCUT2D eigenvalue weighted by molar-refractivity contribution is -0.137. The number of nitrogens with two attached hydrogens (primary N) is 1. The normalized spacial score (nSPS) is 14.3. The number of rotatable bonds is 8. The van der Waals surface area contributed by atoms with Crippen molar-refractivity contribution in [3.8, 4) is 0 Å². The van der Waals surface area contributed by atoms with Gasteiger partial charge in [-0.2, -0.15) is 13.2 Å². The summed E-state index contributed by atoms with van der Waals surface area (Å²) in [5, 5.41) is 5.54. The van der Waals surface area contributed by atoms with Crippen LogP contribution >= 0.6 is 15.9 Å². The molecule has 1 amide bonds. The first kappa shape index (κ1) is 24.6. The Morgan fingerprint density at radius 3 is 2.49 bits per heavy atom. The van der Waals surface area contributed by atoms with Crippen molar-refractivity contribution in [2.24, 2.45) is 5.41 Å². The van der Waals surface area contributed by atoms with E-state index in [2.05, 4.69) is 36.5 Å². The van der Waals surface area contributed by atoms with Crippen molar-refractivity contribution in [2.45, 2.75) is 32.0 Å². The first-order chi connectivity index (χ1) is 16.6. The van der Waals surface area contributed by atoms with Gasteiger partial charge in [-0.25, -0.2) is 0 Å². The van der Waals surface area contributed by atoms with Gasteiger partial charge in [0, 0.05) is 28.9 Å². The highest BCUT2D eigenvalue weighted by Crippen LogP contribution is 2.49. The first-order valence-electron chi connectivity index (χ1n) is 10.7. The molecule has 0 saturated heterocycles. The second-order valence-corrected chi connectivity index (χ2v) is 9.34. The number of anilines is 3. The molecule has 0 unspecified atom stereocenters. The van der Waals surface area contributed by atoms with E-state index >= 15 is 0 Å². The van der Waals surface area contributed by atoms with Crippen LogP contribution < -0.4 is 16.4 Å². The molecular weight excluding hydrogens is 527 g/mol. The van der Waals surface area contributed by atoms with Gasteiger partial charge in [-0.15, -0.1) is 0 Å². The van der Waals surface area contributed by atoms with Gasteiger partial charge in [0.25, 0.3) is 0 Å². The summed E-state index contributed by atoms with van der Waals surface area (Å²) in [6.45, 7) is 0.126. The lowest BCUT2D eigenvalue weighted by Crippen LogP contribution is -2.33. The van der Waals surface area contributed by atoms with Gasteiger partial charge in [0.1, 0.15) is 0 Å². The molecule has 0 spiro atoms. The molecule has 11 heteroatoms. The van der Waals surface area contributed by atoms with Crippen molar-refractivity contribution in [1.82, 2.24) is 15.3 Å². The van der Waals surface area contributed by atoms with Crippen molar-refractivity contribution in [1.29, 1.82) is 0 Å². The third-order valence-corrected chi connectivity index (χ3v) is 6.23. The number of carbonyl (C=O) groups is 2. The van der Waals surface area contributed by atoms with Crippen molar-refractivity contribution in [2.75, 3.05) is 11.1 Å². The van der Waals surface area contributed by atoms with Crippen LogP contribution in [0.3, 0.4) is 0 Å². The van der Waals surface area contributed by atoms with Crippen LogP contribution in [-0.2, 0) is 17.5 Å². The monoisotopic (exact) mass is 547 g/mol. The van der Waals surface area contributed by atoms with Crippen LogP contribution in [0, 0.1) is 5.41 Å². The Morgan fingerprint density at radius 1 is 1.09 bits per heavy atom. The quantitative estimate of drug-likeness (QED) is 0.332. The zero-order chi connectivity index (χ0) is 25.2. The number of nitrogen functional groups attached to an aromatic ring is 1. The van der Waals surface area contributed by atoms with Crippen LogP contribution in [-0.4, -0.2) is 21.7 Å². The number of carbonyl (C=O) groups excluding carboxylic acids is 2. The molecule has 0 aliphatic heterocycles. The fraction of sp³-hybridized carbons (Fsp3) is 0.250. The van der Waals surface area contributed by atoms with E-state index < -0.39 is 17.2 Å². The Hall–Kier alpha value is -3.47. The van der Waals surface area contributed by atoms with E-state index in [1.54, 1.807) is 12.1 Å². The average molecular weight is 548 g/mol. The highest BCUT2D eigenvalue weighted by Gasteiger charge is 2.51. The number of amides is 1. The molecule has 182 valence electrons. The van der Waals surface area contributed by atoms with Gasteiger partial charge in [0.05, 0.1) is 46.5 Å². The Kier molecular flexibility index (Phi) is 6.79. The SMILES string of the molecule is Nc1cncc(C(=O)CC2(C(=O)NCc3ccc(Nc4ccc(Br)cc4C(F)(F)F)cn3)CC2)c1. The van der Waals surface area contributed by atoms with E-state index in [4.69, 9.17) is 5.73 Å². The summed E-state index contributed by atoms with van der Waals surface area (Å²) in [6.07, 6.45) is 1.02. The van der Waals surface area contributed by atoms with E-state index in [-0.39, 0.29) is 30.3 Å². The van der Waals surface area contributed by atoms with Crippen LogP contribution in [0.1, 0.15) is 40.9 Å². The second kappa shape index (κ2) is 9.65. The maximum Gasteiger partial charge on any atom is 0.418 e. The number of nitrogens with zero attached hydrogens (tertiary/aromatic N) is 2. The van der Waals surface area contributed by atoms with Crippen LogP contribution in [0.25, 0.3) is 0 Å². The average Bonchev–Trinajstić information content (AvgIpc) is 3.59. The number of ketones is 1. The van der Waals surface area contributed by atoms with E-state index in [0.29, 0.717) is 39.9 Å². The highest BCUT2D eigenvalue weighted by atomic mass is 79.9. The Balaban J connectivity index is 1.35. The smallest absolute Gasteiger partial charge is 0.397 e. The maximum absolute atomic E-state index is 13.3. The molecule has 0 bridgehead atoms. The van der Waals surface area contributed by atoms with Crippen molar-refractivity contribution in [3.05, 3.63) is 76.3 Å². The molecule has 3 aromatic rings. The number of nitrogens with one attached hydrogen (secondary N) is 2. The van der Waals surface area contributed by atoms with Gasteiger partial charge >= 0.3 is 6.18 Å². The van der Waals surface area contributed by atoms with E-state index in [9.17, 15) is 22.8 Å². The Labute approximate surface area is 207 Å². The number of pyridine rings is 2. The highest BCUT2D eigenvalue weighted by molar-refractivity contribution is 9.10. The summed E-state index contributed by atoms with van der Waals surface area (Å²) >= 11 is 3.06. The standard InChI is InChI=1S/C24H21BrF3N5O2/c25-15-1-4-20(19(8-15)24(26,27)28)33-18-3-2-17(31-13-18)12-32-22(35)23(5-6-23)9-21(34)14-7-16(29)11-30-10-14/h1-4,7-8,10-11,13,33H,5-6,9,12,29H2,(H,32,35). The predicted molar refractivity (Wildman–Crippen MR) is 128 cm³/mol. The van der Waals surface area contributed by atoms with Gasteiger partial charge in [0.2, 0.25) is 5.91 Å². The van der Waals surface area contributed by atoms with E-state index in [0.717, 1.165) is 6.07 Å². The van der Waals surface area contributed by atoms with Crippen molar-refractivity contribution >= 4 is 44.7 Å². The molecule has 0 radical (unpaired) electrons. The summed E-state index contributed by atoms with van der Waals surface area (Å²) in [6, 6.07) is 8.57. The minimum Gasteiger partial charge on any atom is -0.397 e. The molecule has 1 aliphatic rings.